The highest BCUT2D eigenvalue weighted by atomic mass is 16.5. The minimum atomic E-state index is -0.727. The maximum absolute atomic E-state index is 15.6. The van der Waals surface area contributed by atoms with Crippen molar-refractivity contribution in [2.45, 2.75) is 58.2 Å². The molecule has 1 aliphatic rings. The van der Waals surface area contributed by atoms with Gasteiger partial charge in [0.25, 0.3) is 0 Å². The molecule has 2 atom stereocenters. The normalized spacial score (nSPS) is 14.3. The van der Waals surface area contributed by atoms with E-state index in [4.69, 9.17) is 23.7 Å². The minimum Gasteiger partial charge on any atom is -0.508 e. The van der Waals surface area contributed by atoms with Crippen molar-refractivity contribution >= 4 is 17.7 Å². The number of esters is 2. The summed E-state index contributed by atoms with van der Waals surface area (Å²) in [5, 5.41) is 9.83. The van der Waals surface area contributed by atoms with Crippen molar-refractivity contribution < 1.29 is 43.2 Å². The first-order valence-electron chi connectivity index (χ1n) is 21.4. The van der Waals surface area contributed by atoms with Crippen LogP contribution in [0.15, 0.2) is 176 Å². The van der Waals surface area contributed by atoms with E-state index in [1.54, 1.807) is 24.3 Å². The predicted octanol–water partition coefficient (Wildman–Crippen LogP) is 11.3. The summed E-state index contributed by atoms with van der Waals surface area (Å²) >= 11 is 0. The van der Waals surface area contributed by atoms with E-state index in [1.807, 2.05) is 133 Å². The Morgan fingerprint density at radius 1 is 0.484 bits per heavy atom. The van der Waals surface area contributed by atoms with Gasteiger partial charge in [-0.25, -0.2) is 9.59 Å². The van der Waals surface area contributed by atoms with Crippen molar-refractivity contribution in [2.75, 3.05) is 0 Å². The Bertz CT molecular complexity index is 2580. The van der Waals surface area contributed by atoms with Crippen molar-refractivity contribution in [1.29, 1.82) is 0 Å². The standard InChI is InChI=1S/C55H48O9/c56-45-29-27-38(28-30-45)31-43-23-13-25-47(43)64-54(58)44-32-49(61-35-40-17-7-2-8-18-40)52(50(33-44)62-36-41-19-9-3-10-20-41)53(57)51-46(55(59)63-37-42-21-11-4-12-22-42)24-14-26-48(51)60-34-39-15-5-1-6-16-39/h1-12,14-22,24,26-30,32-33,43,47,56H,13,23,25,31,34-37H2/t43-,47+/m0/s1. The van der Waals surface area contributed by atoms with Gasteiger partial charge >= 0.3 is 11.9 Å². The number of benzene rings is 7. The topological polar surface area (TPSA) is 118 Å². The van der Waals surface area contributed by atoms with Crippen LogP contribution in [0.5, 0.6) is 23.0 Å². The summed E-state index contributed by atoms with van der Waals surface area (Å²) in [6, 6.07) is 52.6. The van der Waals surface area contributed by atoms with E-state index in [0.717, 1.165) is 40.7 Å². The van der Waals surface area contributed by atoms with Crippen molar-refractivity contribution in [2.24, 2.45) is 5.92 Å². The lowest BCUT2D eigenvalue weighted by Crippen LogP contribution is -2.24. The SMILES string of the molecule is O=C(O[C@@H]1CCC[C@H]1Cc1ccc(O)cc1)c1cc(OCc2ccccc2)c(C(=O)c2c(OCc3ccccc3)cccc2C(=O)OCc2ccccc2)c(OCc2ccccc2)c1. The highest BCUT2D eigenvalue weighted by Gasteiger charge is 2.34. The average molecular weight is 853 g/mol. The number of phenols is 1. The largest absolute Gasteiger partial charge is 0.508 e. The number of hydrogen-bond donors (Lipinski definition) is 1. The van der Waals surface area contributed by atoms with E-state index in [-0.39, 0.29) is 83.7 Å². The Balaban J connectivity index is 1.20. The van der Waals surface area contributed by atoms with Crippen LogP contribution in [0.2, 0.25) is 0 Å². The summed E-state index contributed by atoms with van der Waals surface area (Å²) in [4.78, 5) is 44.0. The summed E-state index contributed by atoms with van der Waals surface area (Å²) in [6.45, 7) is 0.186. The number of ether oxygens (including phenoxy) is 5. The fourth-order valence-electron chi connectivity index (χ4n) is 7.88. The summed E-state index contributed by atoms with van der Waals surface area (Å²) < 4.78 is 31.5. The smallest absolute Gasteiger partial charge is 0.339 e. The molecule has 7 aromatic carbocycles. The molecule has 64 heavy (non-hydrogen) atoms. The number of rotatable bonds is 18. The van der Waals surface area contributed by atoms with Gasteiger partial charge in [0.15, 0.2) is 0 Å². The number of aromatic hydroxyl groups is 1. The first kappa shape index (κ1) is 43.0. The molecule has 0 aliphatic heterocycles. The zero-order chi connectivity index (χ0) is 44.1. The molecule has 0 spiro atoms. The van der Waals surface area contributed by atoms with Crippen molar-refractivity contribution in [1.82, 2.24) is 0 Å². The second-order valence-electron chi connectivity index (χ2n) is 15.7. The fraction of sp³-hybridized carbons (Fsp3) is 0.182. The molecular formula is C55H48O9. The van der Waals surface area contributed by atoms with Crippen LogP contribution in [0.3, 0.4) is 0 Å². The minimum absolute atomic E-state index is 0.0117. The molecule has 0 amide bonds. The van der Waals surface area contributed by atoms with Crippen LogP contribution in [-0.2, 0) is 42.3 Å². The van der Waals surface area contributed by atoms with E-state index in [0.29, 0.717) is 12.8 Å². The molecule has 0 unspecified atom stereocenters. The van der Waals surface area contributed by atoms with E-state index in [2.05, 4.69) is 0 Å². The van der Waals surface area contributed by atoms with E-state index < -0.39 is 17.7 Å². The van der Waals surface area contributed by atoms with Crippen LogP contribution < -0.4 is 14.2 Å². The highest BCUT2D eigenvalue weighted by molar-refractivity contribution is 6.19. The summed E-state index contributed by atoms with van der Waals surface area (Å²) in [5.41, 5.74) is 4.37. The molecule has 1 aliphatic carbocycles. The molecule has 7 aromatic rings. The molecule has 9 heteroatoms. The predicted molar refractivity (Wildman–Crippen MR) is 243 cm³/mol. The van der Waals surface area contributed by atoms with Crippen LogP contribution in [0, 0.1) is 5.92 Å². The van der Waals surface area contributed by atoms with E-state index in [9.17, 15) is 14.7 Å². The summed E-state index contributed by atoms with van der Waals surface area (Å²) in [6.07, 6.45) is 2.80. The second-order valence-corrected chi connectivity index (χ2v) is 15.7. The molecule has 8 rings (SSSR count). The van der Waals surface area contributed by atoms with Crippen LogP contribution in [0.25, 0.3) is 0 Å². The molecular weight excluding hydrogens is 805 g/mol. The molecule has 1 fully saturated rings. The van der Waals surface area contributed by atoms with Gasteiger partial charge in [-0.1, -0.05) is 140 Å². The van der Waals surface area contributed by atoms with Gasteiger partial charge in [-0.3, -0.25) is 4.79 Å². The van der Waals surface area contributed by atoms with Crippen LogP contribution in [0.4, 0.5) is 0 Å². The molecule has 1 saturated carbocycles. The maximum atomic E-state index is 15.6. The fourth-order valence-corrected chi connectivity index (χ4v) is 7.88. The van der Waals surface area contributed by atoms with Crippen molar-refractivity contribution in [3.8, 4) is 23.0 Å². The third kappa shape index (κ3) is 11.0. The van der Waals surface area contributed by atoms with Gasteiger partial charge in [0.05, 0.1) is 16.7 Å². The van der Waals surface area contributed by atoms with Gasteiger partial charge in [0.1, 0.15) is 61.1 Å². The highest BCUT2D eigenvalue weighted by Crippen LogP contribution is 2.39. The van der Waals surface area contributed by atoms with Gasteiger partial charge in [0, 0.05) is 0 Å². The average Bonchev–Trinajstić information content (AvgIpc) is 3.78. The van der Waals surface area contributed by atoms with Crippen LogP contribution in [0.1, 0.15) is 83.7 Å². The molecule has 9 nitrogen and oxygen atoms in total. The van der Waals surface area contributed by atoms with Gasteiger partial charge in [-0.05, 0) is 95.8 Å². The zero-order valence-corrected chi connectivity index (χ0v) is 35.3. The van der Waals surface area contributed by atoms with Crippen molar-refractivity contribution in [3.63, 3.8) is 0 Å². The Kier molecular flexibility index (Phi) is 14.1. The maximum Gasteiger partial charge on any atom is 0.339 e. The number of phenolic OH excluding ortho intramolecular Hbond substituents is 1. The molecule has 0 saturated heterocycles. The third-order valence-corrected chi connectivity index (χ3v) is 11.2. The van der Waals surface area contributed by atoms with Gasteiger partial charge < -0.3 is 28.8 Å². The molecule has 0 heterocycles. The summed E-state index contributed by atoms with van der Waals surface area (Å²) in [5.74, 6) is -1.43. The Morgan fingerprint density at radius 3 is 1.52 bits per heavy atom. The summed E-state index contributed by atoms with van der Waals surface area (Å²) in [7, 11) is 0. The molecule has 322 valence electrons. The number of ketones is 1. The third-order valence-electron chi connectivity index (χ3n) is 11.2. The Morgan fingerprint density at radius 2 is 0.984 bits per heavy atom. The number of carbonyl (C=O) groups excluding carboxylic acids is 3. The van der Waals surface area contributed by atoms with Gasteiger partial charge in [-0.2, -0.15) is 0 Å². The van der Waals surface area contributed by atoms with Crippen molar-refractivity contribution in [3.05, 3.63) is 226 Å². The second kappa shape index (κ2) is 20.9. The Labute approximate surface area is 372 Å². The Hall–Kier alpha value is -7.65. The van der Waals surface area contributed by atoms with Crippen LogP contribution >= 0.6 is 0 Å². The lowest BCUT2D eigenvalue weighted by Gasteiger charge is -2.22. The molecule has 0 bridgehead atoms. The first-order valence-corrected chi connectivity index (χ1v) is 21.4. The van der Waals surface area contributed by atoms with Gasteiger partial charge in [-0.15, -0.1) is 0 Å². The van der Waals surface area contributed by atoms with Gasteiger partial charge in [0.2, 0.25) is 5.78 Å². The van der Waals surface area contributed by atoms with E-state index >= 15 is 4.79 Å². The first-order chi connectivity index (χ1) is 31.4. The molecule has 0 radical (unpaired) electrons. The molecule has 1 N–H and O–H groups in total. The zero-order valence-electron chi connectivity index (χ0n) is 35.3. The lowest BCUT2D eigenvalue weighted by atomic mass is 9.94. The quantitative estimate of drug-likeness (QED) is 0.0665. The number of hydrogen-bond acceptors (Lipinski definition) is 9. The monoisotopic (exact) mass is 852 g/mol. The van der Waals surface area contributed by atoms with Crippen LogP contribution in [-0.4, -0.2) is 28.9 Å². The lowest BCUT2D eigenvalue weighted by molar-refractivity contribution is 0.0206. The molecule has 0 aromatic heterocycles. The van der Waals surface area contributed by atoms with E-state index in [1.165, 1.54) is 18.2 Å². The number of carbonyl (C=O) groups is 3.